The summed E-state index contributed by atoms with van der Waals surface area (Å²) in [6, 6.07) is 4.01. The van der Waals surface area contributed by atoms with Crippen molar-refractivity contribution in [3.8, 4) is 0 Å². The first-order valence-electron chi connectivity index (χ1n) is 13.0. The summed E-state index contributed by atoms with van der Waals surface area (Å²) in [4.78, 5) is 19.1. The number of carbonyl (C=O) groups excluding carboxylic acids is 1. The van der Waals surface area contributed by atoms with Gasteiger partial charge in [0, 0.05) is 43.2 Å². The molecule has 2 heterocycles. The first-order valence-corrected chi connectivity index (χ1v) is 15.9. The van der Waals surface area contributed by atoms with Crippen molar-refractivity contribution in [2.45, 2.75) is 63.5 Å². The quantitative estimate of drug-likeness (QED) is 0.0677. The molecule has 0 saturated carbocycles. The fourth-order valence-corrected chi connectivity index (χ4v) is 7.39. The molecule has 6 nitrogen and oxygen atoms in total. The number of allylic oxidation sites excluding steroid dienone is 2. The van der Waals surface area contributed by atoms with Gasteiger partial charge in [-0.3, -0.25) is 7.91 Å². The molecule has 0 aromatic heterocycles. The van der Waals surface area contributed by atoms with Crippen molar-refractivity contribution in [2.75, 3.05) is 29.9 Å². The largest absolute Gasteiger partial charge is 0.616 e. The monoisotopic (exact) mass is 698 g/mol. The molecule has 1 aromatic rings. The first-order chi connectivity index (χ1) is 18.5. The Morgan fingerprint density at radius 1 is 1.33 bits per heavy atom. The van der Waals surface area contributed by atoms with Crippen LogP contribution in [-0.2, 0) is 16.0 Å². The molecule has 3 rings (SSSR count). The lowest BCUT2D eigenvalue weighted by atomic mass is 9.99. The Labute approximate surface area is 250 Å². The van der Waals surface area contributed by atoms with Gasteiger partial charge in [0.2, 0.25) is 5.91 Å². The van der Waals surface area contributed by atoms with Crippen molar-refractivity contribution >= 4 is 64.0 Å². The van der Waals surface area contributed by atoms with Crippen molar-refractivity contribution in [2.24, 2.45) is 10.9 Å². The van der Waals surface area contributed by atoms with Gasteiger partial charge in [0.15, 0.2) is 6.04 Å². The summed E-state index contributed by atoms with van der Waals surface area (Å²) >= 11 is 6.80. The molecular formula is C27H35ClF3IN4O2S. The van der Waals surface area contributed by atoms with E-state index >= 15 is 0 Å². The molecule has 1 N–H and O–H groups in total. The maximum Gasteiger partial charge on any atom is 0.413 e. The molecule has 1 amide bonds. The number of hydrogen-bond acceptors (Lipinski definition) is 5. The van der Waals surface area contributed by atoms with Crippen LogP contribution in [0.4, 0.5) is 18.9 Å². The second-order valence-corrected chi connectivity index (χ2v) is 13.1. The summed E-state index contributed by atoms with van der Waals surface area (Å²) in [5.41, 5.74) is 3.12. The van der Waals surface area contributed by atoms with E-state index in [4.69, 9.17) is 11.6 Å². The lowest BCUT2D eigenvalue weighted by Crippen LogP contribution is -2.41. The molecule has 2 atom stereocenters. The topological polar surface area (TPSA) is 71.0 Å². The first kappa shape index (κ1) is 32.1. The van der Waals surface area contributed by atoms with Crippen LogP contribution in [0.25, 0.3) is 0 Å². The molecule has 12 heteroatoms. The number of hydrogen-bond donors (Lipinski definition) is 1. The Morgan fingerprint density at radius 2 is 1.97 bits per heavy atom. The van der Waals surface area contributed by atoms with Crippen LogP contribution < -0.4 is 5.32 Å². The summed E-state index contributed by atoms with van der Waals surface area (Å²) in [5.74, 6) is 0.363. The Bertz CT molecular complexity index is 1060. The zero-order valence-corrected chi connectivity index (χ0v) is 25.9. The molecule has 1 saturated heterocycles. The average Bonchev–Trinajstić information content (AvgIpc) is 3.28. The Hall–Kier alpha value is -1.44. The highest BCUT2D eigenvalue weighted by molar-refractivity contribution is 14.1. The lowest BCUT2D eigenvalue weighted by Gasteiger charge is -2.32. The standard InChI is InChI=1S/C27H35ClF3IN4O2S/c1-4-18(2)23(35-17-21(28)16-24(35)33-3)6-5-13-34-22-9-7-19(8-10-22)25(27(29,30)31)36(32)26(37)20-11-14-39(38)15-12-20/h7-10,16,20-21,25,34H,3-6,11-15,17H2,1-2H3/b23-18+/t20-,21?,25-,39-/m0/s1. The molecule has 216 valence electrons. The normalized spacial score (nSPS) is 23.1. The van der Waals surface area contributed by atoms with Gasteiger partial charge in [-0.1, -0.05) is 35.8 Å². The minimum absolute atomic E-state index is 0.000111. The van der Waals surface area contributed by atoms with Crippen LogP contribution in [-0.4, -0.2) is 61.3 Å². The predicted molar refractivity (Wildman–Crippen MR) is 161 cm³/mol. The van der Waals surface area contributed by atoms with Gasteiger partial charge in [0.1, 0.15) is 17.3 Å². The van der Waals surface area contributed by atoms with E-state index in [9.17, 15) is 22.5 Å². The summed E-state index contributed by atoms with van der Waals surface area (Å²) in [6.07, 6.45) is 0.447. The molecule has 2 aliphatic heterocycles. The molecule has 1 aromatic carbocycles. The highest BCUT2D eigenvalue weighted by atomic mass is 127. The van der Waals surface area contributed by atoms with E-state index in [-0.39, 0.29) is 10.9 Å². The third-order valence-electron chi connectivity index (χ3n) is 7.10. The SMILES string of the molecule is C=NC1=CC(Cl)CN1/C(CCCNc1ccc([C@H](N(I)C(=O)[C@H]2CC[S@+]([O-])CC2)C(F)(F)F)cc1)=C(\C)CC. The van der Waals surface area contributed by atoms with E-state index in [1.165, 1.54) is 46.3 Å². The van der Waals surface area contributed by atoms with Crippen LogP contribution in [0, 0.1) is 5.92 Å². The number of carbonyl (C=O) groups is 1. The van der Waals surface area contributed by atoms with Gasteiger partial charge in [-0.15, -0.1) is 11.6 Å². The summed E-state index contributed by atoms with van der Waals surface area (Å²) < 4.78 is 54.6. The van der Waals surface area contributed by atoms with E-state index in [2.05, 4.69) is 35.8 Å². The molecule has 0 bridgehead atoms. The molecule has 1 unspecified atom stereocenters. The summed E-state index contributed by atoms with van der Waals surface area (Å²) in [5, 5.41) is 3.16. The smallest absolute Gasteiger partial charge is 0.413 e. The molecule has 0 aliphatic carbocycles. The molecule has 2 aliphatic rings. The van der Waals surface area contributed by atoms with Crippen molar-refractivity contribution < 1.29 is 22.5 Å². The summed E-state index contributed by atoms with van der Waals surface area (Å²) in [6.45, 7) is 9.12. The number of aliphatic imine (C=N–C) groups is 1. The Balaban J connectivity index is 1.61. The summed E-state index contributed by atoms with van der Waals surface area (Å²) in [7, 11) is 0. The molecule has 39 heavy (non-hydrogen) atoms. The third kappa shape index (κ3) is 8.53. The third-order valence-corrected chi connectivity index (χ3v) is 9.78. The van der Waals surface area contributed by atoms with Crippen LogP contribution in [0.1, 0.15) is 57.6 Å². The fourth-order valence-electron chi connectivity index (χ4n) is 4.80. The van der Waals surface area contributed by atoms with Crippen LogP contribution in [0.3, 0.4) is 0 Å². The maximum absolute atomic E-state index is 14.1. The van der Waals surface area contributed by atoms with E-state index < -0.39 is 35.2 Å². The maximum atomic E-state index is 14.1. The second-order valence-electron chi connectivity index (χ2n) is 9.76. The molecular weight excluding hydrogens is 664 g/mol. The average molecular weight is 699 g/mol. The number of rotatable bonds is 11. The van der Waals surface area contributed by atoms with E-state index in [0.717, 1.165) is 28.2 Å². The Kier molecular flexibility index (Phi) is 11.9. The second kappa shape index (κ2) is 14.5. The number of nitrogens with zero attached hydrogens (tertiary/aromatic N) is 3. The van der Waals surface area contributed by atoms with Crippen LogP contribution in [0.2, 0.25) is 0 Å². The molecule has 1 fully saturated rings. The number of benzene rings is 1. The van der Waals surface area contributed by atoms with Crippen LogP contribution >= 0.6 is 34.5 Å². The van der Waals surface area contributed by atoms with Gasteiger partial charge in [0.05, 0.1) is 28.2 Å². The fraction of sp³-hybridized carbons (Fsp3) is 0.556. The van der Waals surface area contributed by atoms with Gasteiger partial charge in [0.25, 0.3) is 0 Å². The van der Waals surface area contributed by atoms with Crippen LogP contribution in [0.5, 0.6) is 0 Å². The highest BCUT2D eigenvalue weighted by Gasteiger charge is 2.47. The van der Waals surface area contributed by atoms with Crippen molar-refractivity contribution in [1.29, 1.82) is 0 Å². The van der Waals surface area contributed by atoms with Gasteiger partial charge in [-0.2, -0.15) is 13.2 Å². The number of amides is 1. The lowest BCUT2D eigenvalue weighted by molar-refractivity contribution is -0.177. The Morgan fingerprint density at radius 3 is 2.54 bits per heavy atom. The van der Waals surface area contributed by atoms with Crippen molar-refractivity contribution in [3.63, 3.8) is 0 Å². The van der Waals surface area contributed by atoms with E-state index in [1.807, 2.05) is 6.08 Å². The minimum atomic E-state index is -4.63. The highest BCUT2D eigenvalue weighted by Crippen LogP contribution is 2.41. The number of alkyl halides is 4. The minimum Gasteiger partial charge on any atom is -0.616 e. The predicted octanol–water partition coefficient (Wildman–Crippen LogP) is 6.97. The van der Waals surface area contributed by atoms with Crippen molar-refractivity contribution in [3.05, 3.63) is 53.0 Å². The van der Waals surface area contributed by atoms with Gasteiger partial charge in [-0.05, 0) is 56.7 Å². The number of nitrogens with one attached hydrogen (secondary N) is 1. The van der Waals surface area contributed by atoms with Crippen LogP contribution in [0.15, 0.2) is 52.4 Å². The van der Waals surface area contributed by atoms with E-state index in [0.29, 0.717) is 43.1 Å². The molecule has 0 spiro atoms. The zero-order valence-electron chi connectivity index (χ0n) is 22.1. The zero-order chi connectivity index (χ0) is 28.7. The van der Waals surface area contributed by atoms with E-state index in [1.54, 1.807) is 12.1 Å². The van der Waals surface area contributed by atoms with Gasteiger partial charge in [-0.25, -0.2) is 4.99 Å². The van der Waals surface area contributed by atoms with Gasteiger partial charge >= 0.3 is 6.18 Å². The van der Waals surface area contributed by atoms with Gasteiger partial charge < -0.3 is 14.8 Å². The molecule has 0 radical (unpaired) electrons. The number of halogens is 5. The van der Waals surface area contributed by atoms with Crippen molar-refractivity contribution in [1.82, 2.24) is 8.01 Å². The number of anilines is 1.